The highest BCUT2D eigenvalue weighted by Crippen LogP contribution is 2.46. The summed E-state index contributed by atoms with van der Waals surface area (Å²) in [4.78, 5) is 0. The molecular formula is C3H8F2S2. The van der Waals surface area contributed by atoms with Crippen molar-refractivity contribution in [3.05, 3.63) is 0 Å². The second-order valence-corrected chi connectivity index (χ2v) is 3.90. The highest BCUT2D eigenvalue weighted by molar-refractivity contribution is 8.24. The minimum absolute atomic E-state index is 0.0455. The van der Waals surface area contributed by atoms with Crippen molar-refractivity contribution in [3.63, 3.8) is 0 Å². The fourth-order valence-electron chi connectivity index (χ4n) is 0.160. The Morgan fingerprint density at radius 3 is 2.00 bits per heavy atom. The van der Waals surface area contributed by atoms with Crippen LogP contribution in [0, 0.1) is 0 Å². The fraction of sp³-hybridized carbons (Fsp3) is 1.00. The Bertz CT molecular complexity index is 49.4. The van der Waals surface area contributed by atoms with Gasteiger partial charge in [-0.1, -0.05) is 0 Å². The lowest BCUT2D eigenvalue weighted by atomic mass is 11.0. The van der Waals surface area contributed by atoms with E-state index in [1.807, 2.05) is 0 Å². The minimum atomic E-state index is -3.25. The van der Waals surface area contributed by atoms with E-state index in [1.54, 1.807) is 0 Å². The smallest absolute Gasteiger partial charge is 0.0552 e. The molecule has 0 spiro atoms. The molecule has 0 saturated heterocycles. The van der Waals surface area contributed by atoms with Crippen LogP contribution in [-0.4, -0.2) is 17.8 Å². The van der Waals surface area contributed by atoms with Crippen LogP contribution in [0.15, 0.2) is 0 Å². The molecule has 0 aromatic heterocycles. The minimum Gasteiger partial charge on any atom is -0.178 e. The molecule has 0 atom stereocenters. The summed E-state index contributed by atoms with van der Waals surface area (Å²) in [6.07, 6.45) is 0.975. The molecule has 0 saturated carbocycles. The maximum Gasteiger partial charge on any atom is 0.0552 e. The van der Waals surface area contributed by atoms with Crippen molar-refractivity contribution in [2.24, 2.45) is 0 Å². The molecule has 0 unspecified atom stereocenters. The summed E-state index contributed by atoms with van der Waals surface area (Å²) in [5, 5.41) is 0. The first-order valence-corrected chi connectivity index (χ1v) is 4.47. The van der Waals surface area contributed by atoms with Gasteiger partial charge in [0.15, 0.2) is 0 Å². The fourth-order valence-corrected chi connectivity index (χ4v) is 1.44. The first kappa shape index (κ1) is 7.56. The van der Waals surface area contributed by atoms with Crippen LogP contribution >= 0.6 is 23.4 Å². The molecule has 7 heavy (non-hydrogen) atoms. The number of hydrogen-bond acceptors (Lipinski definition) is 1. The molecule has 0 aliphatic rings. The predicted octanol–water partition coefficient (Wildman–Crippen LogP) is 2.12. The number of halogens is 2. The standard InChI is InChI=1S/C3H8F2S2/c1-7(4,5)3-2-6/h6H,2-3H2,1H3. The third-order valence-electron chi connectivity index (χ3n) is 0.450. The monoisotopic (exact) mass is 146 g/mol. The van der Waals surface area contributed by atoms with Crippen molar-refractivity contribution in [1.82, 2.24) is 0 Å². The summed E-state index contributed by atoms with van der Waals surface area (Å²) in [5.74, 6) is 0.245. The SMILES string of the molecule is CS(F)(F)CCS. The van der Waals surface area contributed by atoms with Crippen molar-refractivity contribution in [2.45, 2.75) is 0 Å². The van der Waals surface area contributed by atoms with Gasteiger partial charge in [-0.15, -0.1) is 0 Å². The highest BCUT2D eigenvalue weighted by atomic mass is 32.3. The normalized spacial score (nSPS) is 14.3. The average molecular weight is 146 g/mol. The van der Waals surface area contributed by atoms with Gasteiger partial charge in [0, 0.05) is 17.8 Å². The molecule has 0 radical (unpaired) electrons. The molecule has 0 aliphatic carbocycles. The maximum absolute atomic E-state index is 11.8. The van der Waals surface area contributed by atoms with Crippen LogP contribution in [0.3, 0.4) is 0 Å². The molecule has 0 bridgehead atoms. The third-order valence-corrected chi connectivity index (χ3v) is 1.90. The van der Waals surface area contributed by atoms with Crippen molar-refractivity contribution in [2.75, 3.05) is 17.8 Å². The van der Waals surface area contributed by atoms with Gasteiger partial charge >= 0.3 is 0 Å². The molecule has 0 heterocycles. The largest absolute Gasteiger partial charge is 0.178 e. The van der Waals surface area contributed by atoms with E-state index < -0.39 is 10.8 Å². The Balaban J connectivity index is 3.15. The van der Waals surface area contributed by atoms with E-state index in [1.165, 1.54) is 0 Å². The summed E-state index contributed by atoms with van der Waals surface area (Å²) in [6, 6.07) is 0. The molecule has 0 rings (SSSR count). The molecule has 0 fully saturated rings. The van der Waals surface area contributed by atoms with E-state index in [0.717, 1.165) is 6.26 Å². The second kappa shape index (κ2) is 2.77. The first-order chi connectivity index (χ1) is 3.06. The Kier molecular flexibility index (Phi) is 2.99. The van der Waals surface area contributed by atoms with Crippen LogP contribution in [0.1, 0.15) is 0 Å². The summed E-state index contributed by atoms with van der Waals surface area (Å²) in [6.45, 7) is 0. The van der Waals surface area contributed by atoms with Gasteiger partial charge in [-0.05, 0) is 0 Å². The van der Waals surface area contributed by atoms with E-state index in [-0.39, 0.29) is 5.75 Å². The molecule has 0 aromatic carbocycles. The molecule has 0 N–H and O–H groups in total. The van der Waals surface area contributed by atoms with Crippen molar-refractivity contribution in [3.8, 4) is 0 Å². The zero-order valence-electron chi connectivity index (χ0n) is 4.03. The zero-order valence-corrected chi connectivity index (χ0v) is 5.74. The number of thiol groups is 1. The Morgan fingerprint density at radius 1 is 1.57 bits per heavy atom. The van der Waals surface area contributed by atoms with E-state index in [9.17, 15) is 7.77 Å². The average Bonchev–Trinajstić information content (AvgIpc) is 1.30. The summed E-state index contributed by atoms with van der Waals surface area (Å²) in [7, 11) is -3.25. The van der Waals surface area contributed by atoms with Gasteiger partial charge in [-0.3, -0.25) is 0 Å². The lowest BCUT2D eigenvalue weighted by Gasteiger charge is -2.10. The van der Waals surface area contributed by atoms with Gasteiger partial charge in [0.2, 0.25) is 0 Å². The second-order valence-electron chi connectivity index (χ2n) is 1.30. The van der Waals surface area contributed by atoms with Crippen LogP contribution in [0.2, 0.25) is 0 Å². The maximum atomic E-state index is 11.8. The lowest BCUT2D eigenvalue weighted by molar-refractivity contribution is 0.756. The van der Waals surface area contributed by atoms with Crippen LogP contribution in [-0.2, 0) is 0 Å². The van der Waals surface area contributed by atoms with Gasteiger partial charge in [0.05, 0.1) is 10.8 Å². The lowest BCUT2D eigenvalue weighted by Crippen LogP contribution is -1.89. The Hall–Kier alpha value is 0.560. The Labute approximate surface area is 49.6 Å². The third kappa shape index (κ3) is 6.56. The topological polar surface area (TPSA) is 0 Å². The first-order valence-electron chi connectivity index (χ1n) is 1.82. The van der Waals surface area contributed by atoms with Crippen LogP contribution < -0.4 is 0 Å². The summed E-state index contributed by atoms with van der Waals surface area (Å²) in [5.41, 5.74) is 0. The van der Waals surface area contributed by atoms with Crippen molar-refractivity contribution in [1.29, 1.82) is 0 Å². The molecule has 4 heteroatoms. The molecule has 0 amide bonds. The van der Waals surface area contributed by atoms with E-state index in [0.29, 0.717) is 5.75 Å². The van der Waals surface area contributed by atoms with Gasteiger partial charge in [-0.25, -0.2) is 0 Å². The number of rotatable bonds is 2. The molecule has 0 nitrogen and oxygen atoms in total. The van der Waals surface area contributed by atoms with E-state index in [4.69, 9.17) is 0 Å². The van der Waals surface area contributed by atoms with Crippen molar-refractivity contribution >= 4 is 23.4 Å². The van der Waals surface area contributed by atoms with E-state index in [2.05, 4.69) is 12.6 Å². The van der Waals surface area contributed by atoms with Gasteiger partial charge in [0.1, 0.15) is 0 Å². The van der Waals surface area contributed by atoms with Crippen LogP contribution in [0.4, 0.5) is 7.77 Å². The molecule has 0 aromatic rings. The summed E-state index contributed by atoms with van der Waals surface area (Å²) >= 11 is 3.65. The number of hydrogen-bond donors (Lipinski definition) is 1. The van der Waals surface area contributed by atoms with Crippen LogP contribution in [0.25, 0.3) is 0 Å². The zero-order chi connectivity index (χ0) is 5.91. The van der Waals surface area contributed by atoms with Crippen LogP contribution in [0.5, 0.6) is 0 Å². The summed E-state index contributed by atoms with van der Waals surface area (Å²) < 4.78 is 23.5. The molecular weight excluding hydrogens is 138 g/mol. The van der Waals surface area contributed by atoms with Gasteiger partial charge < -0.3 is 0 Å². The van der Waals surface area contributed by atoms with Crippen molar-refractivity contribution < 1.29 is 7.77 Å². The predicted molar refractivity (Wildman–Crippen MR) is 34.5 cm³/mol. The molecule has 46 valence electrons. The Morgan fingerprint density at radius 2 is 2.00 bits per heavy atom. The van der Waals surface area contributed by atoms with Gasteiger partial charge in [-0.2, -0.15) is 20.4 Å². The van der Waals surface area contributed by atoms with Gasteiger partial charge in [0.25, 0.3) is 0 Å². The highest BCUT2D eigenvalue weighted by Gasteiger charge is 2.11. The van der Waals surface area contributed by atoms with E-state index >= 15 is 0 Å². The quantitative estimate of drug-likeness (QED) is 0.567. The molecule has 0 aliphatic heterocycles.